The highest BCUT2D eigenvalue weighted by Gasteiger charge is 2.38. The highest BCUT2D eigenvalue weighted by atomic mass is 16.2. The zero-order valence-electron chi connectivity index (χ0n) is 9.43. The first kappa shape index (κ1) is 9.88. The van der Waals surface area contributed by atoms with Crippen LogP contribution in [0.5, 0.6) is 0 Å². The Morgan fingerprint density at radius 1 is 1.19 bits per heavy atom. The molecule has 1 aromatic rings. The molecule has 0 N–H and O–H groups in total. The van der Waals surface area contributed by atoms with E-state index >= 15 is 0 Å². The van der Waals surface area contributed by atoms with E-state index < -0.39 is 0 Å². The third-order valence-electron chi connectivity index (χ3n) is 3.90. The Morgan fingerprint density at radius 2 is 2.00 bits per heavy atom. The molecule has 2 aliphatic rings. The summed E-state index contributed by atoms with van der Waals surface area (Å²) in [5.41, 5.74) is 1.25. The minimum atomic E-state index is 0.336. The maximum Gasteiger partial charge on any atom is 0.226 e. The molecule has 1 saturated carbocycles. The zero-order valence-corrected chi connectivity index (χ0v) is 9.43. The van der Waals surface area contributed by atoms with E-state index in [4.69, 9.17) is 0 Å². The molecule has 0 spiro atoms. The molecule has 2 atom stereocenters. The van der Waals surface area contributed by atoms with Crippen LogP contribution in [-0.4, -0.2) is 17.4 Å². The summed E-state index contributed by atoms with van der Waals surface area (Å²) in [5.74, 6) is 1.49. The molecule has 1 aromatic carbocycles. The summed E-state index contributed by atoms with van der Waals surface area (Å²) < 4.78 is 0. The fourth-order valence-electron chi connectivity index (χ4n) is 3.07. The van der Waals surface area contributed by atoms with Crippen LogP contribution in [0, 0.1) is 11.8 Å². The van der Waals surface area contributed by atoms with Crippen LogP contribution >= 0.6 is 0 Å². The lowest BCUT2D eigenvalue weighted by Gasteiger charge is -2.31. The molecular weight excluding hydrogens is 198 g/mol. The molecule has 3 rings (SSSR count). The van der Waals surface area contributed by atoms with Crippen molar-refractivity contribution in [2.24, 2.45) is 11.8 Å². The van der Waals surface area contributed by atoms with Gasteiger partial charge in [-0.1, -0.05) is 30.3 Å². The van der Waals surface area contributed by atoms with Gasteiger partial charge in [-0.25, -0.2) is 0 Å². The quantitative estimate of drug-likeness (QED) is 0.742. The van der Waals surface area contributed by atoms with Gasteiger partial charge in [0.15, 0.2) is 0 Å². The van der Waals surface area contributed by atoms with Gasteiger partial charge in [0, 0.05) is 19.0 Å². The predicted octanol–water partition coefficient (Wildman–Crippen LogP) is 2.45. The van der Waals surface area contributed by atoms with Crippen molar-refractivity contribution in [2.75, 3.05) is 6.54 Å². The van der Waals surface area contributed by atoms with E-state index in [9.17, 15) is 4.79 Å². The van der Waals surface area contributed by atoms with Gasteiger partial charge >= 0.3 is 0 Å². The van der Waals surface area contributed by atoms with Crippen LogP contribution in [0.3, 0.4) is 0 Å². The third kappa shape index (κ3) is 1.73. The molecule has 84 valence electrons. The average molecular weight is 215 g/mol. The number of hydrogen-bond acceptors (Lipinski definition) is 1. The Morgan fingerprint density at radius 3 is 2.81 bits per heavy atom. The van der Waals surface area contributed by atoms with Gasteiger partial charge in [0.1, 0.15) is 0 Å². The predicted molar refractivity (Wildman–Crippen MR) is 62.7 cm³/mol. The number of carbonyl (C=O) groups excluding carboxylic acids is 1. The van der Waals surface area contributed by atoms with E-state index in [2.05, 4.69) is 17.0 Å². The molecular formula is C14H17NO. The molecule has 2 nitrogen and oxygen atoms in total. The van der Waals surface area contributed by atoms with Gasteiger partial charge in [0.05, 0.1) is 0 Å². The van der Waals surface area contributed by atoms with Crippen LogP contribution in [0.1, 0.15) is 24.8 Å². The maximum atomic E-state index is 12.1. The van der Waals surface area contributed by atoms with Crippen LogP contribution in [0.15, 0.2) is 30.3 Å². The monoisotopic (exact) mass is 215 g/mol. The summed E-state index contributed by atoms with van der Waals surface area (Å²) >= 11 is 0. The smallest absolute Gasteiger partial charge is 0.226 e. The standard InChI is InChI=1S/C14H17NO/c16-14-13-7-6-12(8-13)10-15(14)9-11-4-2-1-3-5-11/h1-5,12-13H,6-10H2/t12-,13+/m1/s1. The molecule has 1 amide bonds. The van der Waals surface area contributed by atoms with E-state index in [0.29, 0.717) is 11.8 Å². The number of rotatable bonds is 2. The first-order valence-corrected chi connectivity index (χ1v) is 6.15. The normalized spacial score (nSPS) is 28.5. The van der Waals surface area contributed by atoms with E-state index in [1.807, 2.05) is 18.2 Å². The molecule has 1 saturated heterocycles. The van der Waals surface area contributed by atoms with Gasteiger partial charge in [0.2, 0.25) is 5.91 Å². The highest BCUT2D eigenvalue weighted by molar-refractivity contribution is 5.80. The van der Waals surface area contributed by atoms with Crippen LogP contribution in [0.25, 0.3) is 0 Å². The molecule has 0 aromatic heterocycles. The van der Waals surface area contributed by atoms with Crippen molar-refractivity contribution in [3.05, 3.63) is 35.9 Å². The Hall–Kier alpha value is -1.31. The van der Waals surface area contributed by atoms with Crippen molar-refractivity contribution in [3.8, 4) is 0 Å². The summed E-state index contributed by atoms with van der Waals surface area (Å²) in [6.07, 6.45) is 3.51. The Bertz CT molecular complexity index is 387. The Labute approximate surface area is 96.3 Å². The second-order valence-corrected chi connectivity index (χ2v) is 5.08. The first-order chi connectivity index (χ1) is 7.83. The maximum absolute atomic E-state index is 12.1. The van der Waals surface area contributed by atoms with E-state index in [1.165, 1.54) is 12.0 Å². The number of hydrogen-bond donors (Lipinski definition) is 0. The zero-order chi connectivity index (χ0) is 11.0. The summed E-state index contributed by atoms with van der Waals surface area (Å²) in [6, 6.07) is 10.3. The second-order valence-electron chi connectivity index (χ2n) is 5.08. The third-order valence-corrected chi connectivity index (χ3v) is 3.90. The van der Waals surface area contributed by atoms with Crippen molar-refractivity contribution in [1.82, 2.24) is 4.90 Å². The van der Waals surface area contributed by atoms with E-state index in [0.717, 1.165) is 31.8 Å². The molecule has 0 radical (unpaired) electrons. The number of nitrogens with zero attached hydrogens (tertiary/aromatic N) is 1. The fourth-order valence-corrected chi connectivity index (χ4v) is 3.07. The summed E-state index contributed by atoms with van der Waals surface area (Å²) in [5, 5.41) is 0. The molecule has 1 heterocycles. The summed E-state index contributed by atoms with van der Waals surface area (Å²) in [7, 11) is 0. The highest BCUT2D eigenvalue weighted by Crippen LogP contribution is 2.37. The van der Waals surface area contributed by atoms with Crippen molar-refractivity contribution < 1.29 is 4.79 Å². The fraction of sp³-hybridized carbons (Fsp3) is 0.500. The number of likely N-dealkylation sites (tertiary alicyclic amines) is 1. The Balaban J connectivity index is 1.74. The van der Waals surface area contributed by atoms with Crippen molar-refractivity contribution in [2.45, 2.75) is 25.8 Å². The number of piperidine rings is 1. The van der Waals surface area contributed by atoms with Crippen molar-refractivity contribution in [1.29, 1.82) is 0 Å². The van der Waals surface area contributed by atoms with Crippen LogP contribution in [0.4, 0.5) is 0 Å². The molecule has 2 bridgehead atoms. The van der Waals surface area contributed by atoms with E-state index in [-0.39, 0.29) is 0 Å². The first-order valence-electron chi connectivity index (χ1n) is 6.15. The summed E-state index contributed by atoms with van der Waals surface area (Å²) in [4.78, 5) is 14.2. The van der Waals surface area contributed by atoms with Gasteiger partial charge in [-0.05, 0) is 30.7 Å². The minimum absolute atomic E-state index is 0.336. The van der Waals surface area contributed by atoms with Crippen LogP contribution in [-0.2, 0) is 11.3 Å². The average Bonchev–Trinajstić information content (AvgIpc) is 2.72. The molecule has 16 heavy (non-hydrogen) atoms. The largest absolute Gasteiger partial charge is 0.338 e. The number of benzene rings is 1. The summed E-state index contributed by atoms with van der Waals surface area (Å²) in [6.45, 7) is 1.77. The number of amides is 1. The lowest BCUT2D eigenvalue weighted by Crippen LogP contribution is -2.41. The molecule has 1 aliphatic carbocycles. The van der Waals surface area contributed by atoms with Gasteiger partial charge in [-0.2, -0.15) is 0 Å². The van der Waals surface area contributed by atoms with Crippen molar-refractivity contribution in [3.63, 3.8) is 0 Å². The topological polar surface area (TPSA) is 20.3 Å². The lowest BCUT2D eigenvalue weighted by molar-refractivity contribution is -0.138. The van der Waals surface area contributed by atoms with Gasteiger partial charge in [0.25, 0.3) is 0 Å². The molecule has 2 heteroatoms. The second kappa shape index (κ2) is 3.93. The Kier molecular flexibility index (Phi) is 2.43. The van der Waals surface area contributed by atoms with Gasteiger partial charge < -0.3 is 4.90 Å². The molecule has 0 unspecified atom stereocenters. The van der Waals surface area contributed by atoms with Crippen molar-refractivity contribution >= 4 is 5.91 Å². The number of carbonyl (C=O) groups is 1. The van der Waals surface area contributed by atoms with Crippen LogP contribution < -0.4 is 0 Å². The molecule has 2 fully saturated rings. The lowest BCUT2D eigenvalue weighted by atomic mass is 9.97. The minimum Gasteiger partial charge on any atom is -0.338 e. The van der Waals surface area contributed by atoms with Gasteiger partial charge in [-0.15, -0.1) is 0 Å². The van der Waals surface area contributed by atoms with E-state index in [1.54, 1.807) is 0 Å². The number of fused-ring (bicyclic) bond motifs is 2. The van der Waals surface area contributed by atoms with Gasteiger partial charge in [-0.3, -0.25) is 4.79 Å². The molecule has 1 aliphatic heterocycles. The van der Waals surface area contributed by atoms with Crippen LogP contribution in [0.2, 0.25) is 0 Å². The SMILES string of the molecule is O=C1[C@H]2CC[C@H](C2)CN1Cc1ccccc1.